The van der Waals surface area contributed by atoms with Crippen molar-refractivity contribution in [2.75, 3.05) is 41.2 Å². The molecule has 0 spiro atoms. The van der Waals surface area contributed by atoms with Crippen LogP contribution in [0.2, 0.25) is 6.04 Å². The van der Waals surface area contributed by atoms with Crippen LogP contribution in [0.1, 0.15) is 105 Å². The second kappa shape index (κ2) is 24.0. The Kier molecular flexibility index (Phi) is 32.6. The number of Topliss-reactive ketones (excluding diaryl/α,β-unsaturated/α-hetero) is 1. The Bertz CT molecular complexity index is 686. The Morgan fingerprint density at radius 3 is 1.57 bits per heavy atom. The van der Waals surface area contributed by atoms with Crippen LogP contribution in [0.5, 0.6) is 0 Å². The minimum absolute atomic E-state index is 0. The molecular formula is C29H66O10Si. The molecule has 0 aromatic rings. The van der Waals surface area contributed by atoms with Gasteiger partial charge in [0.2, 0.25) is 5.78 Å². The highest BCUT2D eigenvalue weighted by molar-refractivity contribution is 6.60. The molecule has 246 valence electrons. The lowest BCUT2D eigenvalue weighted by atomic mass is 9.64. The van der Waals surface area contributed by atoms with Gasteiger partial charge in [0.05, 0.1) is 24.0 Å². The molecule has 0 saturated heterocycles. The number of carbonyl (C=O) groups excluding carboxylic acids is 4. The maximum absolute atomic E-state index is 13.3. The van der Waals surface area contributed by atoms with Crippen molar-refractivity contribution >= 4 is 32.8 Å². The maximum Gasteiger partial charge on any atom is 0.500 e. The SMILES string of the molecule is C.C.C.C.C.C.CCC(C)(CC(C)(CC(C)(C)C(=O)OCCO)C(=O)OCCC[Si](OC)(OC)OC)C(=O)C=O. The number of aliphatic hydroxyl groups excluding tert-OH is 1. The third-order valence-corrected chi connectivity index (χ3v) is 9.09. The topological polar surface area (TPSA) is 135 Å². The molecule has 0 radical (unpaired) electrons. The van der Waals surface area contributed by atoms with E-state index in [4.69, 9.17) is 27.9 Å². The lowest BCUT2D eigenvalue weighted by molar-refractivity contribution is -0.166. The van der Waals surface area contributed by atoms with Crippen LogP contribution in [0.15, 0.2) is 0 Å². The Labute approximate surface area is 248 Å². The molecule has 1 N–H and O–H groups in total. The van der Waals surface area contributed by atoms with Crippen LogP contribution in [-0.4, -0.2) is 79.1 Å². The van der Waals surface area contributed by atoms with Crippen LogP contribution in [0, 0.1) is 16.2 Å². The van der Waals surface area contributed by atoms with E-state index < -0.39 is 42.8 Å². The average Bonchev–Trinajstić information content (AvgIpc) is 2.81. The van der Waals surface area contributed by atoms with Crippen molar-refractivity contribution in [3.8, 4) is 0 Å². The molecule has 0 aromatic heterocycles. The van der Waals surface area contributed by atoms with Crippen molar-refractivity contribution in [3.05, 3.63) is 0 Å². The summed E-state index contributed by atoms with van der Waals surface area (Å²) in [6, 6.07) is 0.426. The summed E-state index contributed by atoms with van der Waals surface area (Å²) in [5, 5.41) is 8.96. The predicted octanol–water partition coefficient (Wildman–Crippen LogP) is 6.15. The summed E-state index contributed by atoms with van der Waals surface area (Å²) < 4.78 is 26.8. The van der Waals surface area contributed by atoms with Crippen LogP contribution in [0.25, 0.3) is 0 Å². The predicted molar refractivity (Wildman–Crippen MR) is 166 cm³/mol. The van der Waals surface area contributed by atoms with Gasteiger partial charge in [-0.15, -0.1) is 0 Å². The number of ether oxygens (including phenoxy) is 2. The second-order valence-electron chi connectivity index (χ2n) is 9.59. The smallest absolute Gasteiger partial charge is 0.465 e. The quantitative estimate of drug-likeness (QED) is 0.0640. The molecule has 40 heavy (non-hydrogen) atoms. The number of rotatable bonds is 18. The zero-order valence-corrected chi connectivity index (χ0v) is 22.9. The standard InChI is InChI=1S/C23H42O10Si.6CH4/c1-9-22(4,18(26)15-25)17-23(5,16-21(2,3)19(27)33-13-11-24)20(28)32-12-10-14-34(29-6,30-7)31-8;;;;;;/h15,24H,9-14,16-17H2,1-8H3;6*1H4. The van der Waals surface area contributed by atoms with Crippen LogP contribution in [0.3, 0.4) is 0 Å². The fourth-order valence-electron chi connectivity index (χ4n) is 4.16. The normalized spacial score (nSPS) is 13.3. The van der Waals surface area contributed by atoms with Gasteiger partial charge in [-0.25, -0.2) is 0 Å². The fourth-order valence-corrected chi connectivity index (χ4v) is 5.85. The fraction of sp³-hybridized carbons (Fsp3) is 0.862. The number of ketones is 1. The zero-order chi connectivity index (χ0) is 26.6. The third-order valence-electron chi connectivity index (χ3n) is 6.26. The van der Waals surface area contributed by atoms with Gasteiger partial charge in [0, 0.05) is 32.8 Å². The summed E-state index contributed by atoms with van der Waals surface area (Å²) >= 11 is 0. The molecule has 0 saturated carbocycles. The number of aldehydes is 1. The first-order valence-corrected chi connectivity index (χ1v) is 13.3. The van der Waals surface area contributed by atoms with E-state index in [9.17, 15) is 19.2 Å². The van der Waals surface area contributed by atoms with Crippen LogP contribution < -0.4 is 0 Å². The van der Waals surface area contributed by atoms with Gasteiger partial charge in [-0.05, 0) is 46.5 Å². The Morgan fingerprint density at radius 1 is 0.750 bits per heavy atom. The molecule has 0 bridgehead atoms. The van der Waals surface area contributed by atoms with Gasteiger partial charge in [-0.2, -0.15) is 0 Å². The van der Waals surface area contributed by atoms with Crippen molar-refractivity contribution in [3.63, 3.8) is 0 Å². The third kappa shape index (κ3) is 15.4. The highest BCUT2D eigenvalue weighted by atomic mass is 28.4. The molecule has 0 amide bonds. The molecule has 0 aromatic carbocycles. The lowest BCUT2D eigenvalue weighted by Crippen LogP contribution is -2.44. The van der Waals surface area contributed by atoms with E-state index >= 15 is 0 Å². The van der Waals surface area contributed by atoms with Crippen LogP contribution >= 0.6 is 0 Å². The van der Waals surface area contributed by atoms with Gasteiger partial charge in [-0.1, -0.05) is 58.4 Å². The molecule has 0 aliphatic heterocycles. The number of hydrogen-bond acceptors (Lipinski definition) is 10. The van der Waals surface area contributed by atoms with Gasteiger partial charge in [0.1, 0.15) is 6.61 Å². The second-order valence-corrected chi connectivity index (χ2v) is 12.7. The molecular weight excluding hydrogens is 536 g/mol. The zero-order valence-electron chi connectivity index (χ0n) is 21.9. The number of hydrogen-bond donors (Lipinski definition) is 1. The van der Waals surface area contributed by atoms with E-state index in [1.165, 1.54) is 21.3 Å². The number of esters is 2. The number of carbonyl (C=O) groups is 4. The maximum atomic E-state index is 13.3. The summed E-state index contributed by atoms with van der Waals surface area (Å²) in [5.74, 6) is -1.80. The van der Waals surface area contributed by atoms with E-state index in [1.54, 1.807) is 34.6 Å². The summed E-state index contributed by atoms with van der Waals surface area (Å²) in [7, 11) is 1.67. The van der Waals surface area contributed by atoms with E-state index in [-0.39, 0.29) is 83.5 Å². The van der Waals surface area contributed by atoms with Crippen molar-refractivity contribution in [1.29, 1.82) is 0 Å². The van der Waals surface area contributed by atoms with Crippen LogP contribution in [0.4, 0.5) is 0 Å². The Morgan fingerprint density at radius 2 is 1.20 bits per heavy atom. The van der Waals surface area contributed by atoms with E-state index in [0.29, 0.717) is 18.9 Å². The lowest BCUT2D eigenvalue weighted by Gasteiger charge is -2.39. The highest BCUT2D eigenvalue weighted by Crippen LogP contribution is 2.45. The van der Waals surface area contributed by atoms with Gasteiger partial charge >= 0.3 is 20.7 Å². The molecule has 2 unspecified atom stereocenters. The average molecular weight is 603 g/mol. The van der Waals surface area contributed by atoms with Crippen molar-refractivity contribution in [1.82, 2.24) is 0 Å². The van der Waals surface area contributed by atoms with Gasteiger partial charge in [-0.3, -0.25) is 19.2 Å². The van der Waals surface area contributed by atoms with E-state index in [0.717, 1.165) is 0 Å². The van der Waals surface area contributed by atoms with Crippen LogP contribution in [-0.2, 0) is 41.9 Å². The summed E-state index contributed by atoms with van der Waals surface area (Å²) in [6.45, 7) is 7.83. The summed E-state index contributed by atoms with van der Waals surface area (Å²) in [5.41, 5.74) is -3.50. The molecule has 0 heterocycles. The first-order chi connectivity index (χ1) is 15.7. The molecule has 0 rings (SSSR count). The molecule has 2 atom stereocenters. The van der Waals surface area contributed by atoms with Crippen molar-refractivity contribution < 1.29 is 47.0 Å². The molecule has 10 nitrogen and oxygen atoms in total. The molecule has 11 heteroatoms. The largest absolute Gasteiger partial charge is 0.500 e. The van der Waals surface area contributed by atoms with E-state index in [1.807, 2.05) is 0 Å². The van der Waals surface area contributed by atoms with Crippen molar-refractivity contribution in [2.24, 2.45) is 16.2 Å². The summed E-state index contributed by atoms with van der Waals surface area (Å²) in [4.78, 5) is 49.6. The first kappa shape index (κ1) is 54.4. The minimum atomic E-state index is -2.82. The van der Waals surface area contributed by atoms with E-state index in [2.05, 4.69) is 0 Å². The Balaban J connectivity index is -0.000000363. The first-order valence-electron chi connectivity index (χ1n) is 11.4. The van der Waals surface area contributed by atoms with Crippen molar-refractivity contribution in [2.45, 2.75) is 111 Å². The Hall–Kier alpha value is -1.66. The summed E-state index contributed by atoms with van der Waals surface area (Å²) in [6.07, 6.45) is 1.03. The van der Waals surface area contributed by atoms with Gasteiger partial charge in [0.25, 0.3) is 0 Å². The molecule has 0 fully saturated rings. The van der Waals surface area contributed by atoms with Gasteiger partial charge < -0.3 is 27.9 Å². The number of aliphatic hydroxyl groups is 1. The highest BCUT2D eigenvalue weighted by Gasteiger charge is 2.49. The molecule has 0 aliphatic carbocycles. The van der Waals surface area contributed by atoms with Gasteiger partial charge in [0.15, 0.2) is 6.29 Å². The molecule has 0 aliphatic rings. The monoisotopic (exact) mass is 602 g/mol. The minimum Gasteiger partial charge on any atom is -0.465 e.